The van der Waals surface area contributed by atoms with Gasteiger partial charge < -0.3 is 14.5 Å². The normalized spacial score (nSPS) is 10.4. The second-order valence-corrected chi connectivity index (χ2v) is 4.60. The summed E-state index contributed by atoms with van der Waals surface area (Å²) in [5, 5.41) is 0. The Hall–Kier alpha value is -2.23. The van der Waals surface area contributed by atoms with Gasteiger partial charge in [-0.05, 0) is 37.1 Å². The van der Waals surface area contributed by atoms with Crippen LogP contribution in [0.25, 0.3) is 11.3 Å². The average Bonchev–Trinajstić information content (AvgIpc) is 2.48. The molecule has 0 amide bonds. The van der Waals surface area contributed by atoms with E-state index < -0.39 is 0 Å². The van der Waals surface area contributed by atoms with Gasteiger partial charge in [-0.15, -0.1) is 0 Å². The molecule has 1 heterocycles. The number of aromatic amines is 1. The SMILES string of the molecule is CCc1cc(C)c(=O)[nH]c1-c1ccc(OC)cc1OC. The van der Waals surface area contributed by atoms with E-state index in [9.17, 15) is 4.79 Å². The van der Waals surface area contributed by atoms with Gasteiger partial charge in [0.2, 0.25) is 0 Å². The molecule has 0 fully saturated rings. The third-order valence-corrected chi connectivity index (χ3v) is 3.37. The fourth-order valence-electron chi connectivity index (χ4n) is 2.22. The number of hydrogen-bond acceptors (Lipinski definition) is 3. The number of aryl methyl sites for hydroxylation is 2. The molecule has 1 N–H and O–H groups in total. The van der Waals surface area contributed by atoms with Gasteiger partial charge in [0.05, 0.1) is 19.9 Å². The second kappa shape index (κ2) is 5.82. The van der Waals surface area contributed by atoms with Crippen molar-refractivity contribution in [3.8, 4) is 22.8 Å². The van der Waals surface area contributed by atoms with Gasteiger partial charge in [-0.1, -0.05) is 6.92 Å². The van der Waals surface area contributed by atoms with Crippen molar-refractivity contribution in [3.63, 3.8) is 0 Å². The van der Waals surface area contributed by atoms with Crippen LogP contribution in [0.3, 0.4) is 0 Å². The Morgan fingerprint density at radius 2 is 1.90 bits per heavy atom. The number of hydrogen-bond donors (Lipinski definition) is 1. The summed E-state index contributed by atoms with van der Waals surface area (Å²) in [6, 6.07) is 7.50. The fraction of sp³-hybridized carbons (Fsp3) is 0.312. The summed E-state index contributed by atoms with van der Waals surface area (Å²) in [5.74, 6) is 1.40. The van der Waals surface area contributed by atoms with Crippen LogP contribution >= 0.6 is 0 Å². The van der Waals surface area contributed by atoms with Crippen LogP contribution in [-0.4, -0.2) is 19.2 Å². The van der Waals surface area contributed by atoms with Gasteiger partial charge in [-0.2, -0.15) is 0 Å². The Labute approximate surface area is 118 Å². The molecule has 0 radical (unpaired) electrons. The smallest absolute Gasteiger partial charge is 0.251 e. The van der Waals surface area contributed by atoms with E-state index in [0.717, 1.165) is 34.6 Å². The lowest BCUT2D eigenvalue weighted by Gasteiger charge is -2.13. The molecule has 0 unspecified atom stereocenters. The van der Waals surface area contributed by atoms with E-state index in [4.69, 9.17) is 9.47 Å². The Bertz CT molecular complexity index is 674. The van der Waals surface area contributed by atoms with Crippen LogP contribution in [-0.2, 0) is 6.42 Å². The van der Waals surface area contributed by atoms with Gasteiger partial charge in [-0.3, -0.25) is 4.79 Å². The standard InChI is InChI=1S/C16H19NO3/c1-5-11-8-10(2)16(18)17-15(11)13-7-6-12(19-3)9-14(13)20-4/h6-9H,5H2,1-4H3,(H,17,18). The van der Waals surface area contributed by atoms with Crippen LogP contribution in [0.1, 0.15) is 18.1 Å². The lowest BCUT2D eigenvalue weighted by atomic mass is 10.0. The number of ether oxygens (including phenoxy) is 2. The number of benzene rings is 1. The number of methoxy groups -OCH3 is 2. The molecule has 0 aliphatic rings. The van der Waals surface area contributed by atoms with E-state index >= 15 is 0 Å². The molecular formula is C16H19NO3. The summed E-state index contributed by atoms with van der Waals surface area (Å²) in [6.07, 6.45) is 0.835. The number of nitrogens with one attached hydrogen (secondary N) is 1. The van der Waals surface area contributed by atoms with Crippen LogP contribution in [0.2, 0.25) is 0 Å². The van der Waals surface area contributed by atoms with Crippen molar-refractivity contribution in [2.75, 3.05) is 14.2 Å². The molecule has 0 aliphatic heterocycles. The van der Waals surface area contributed by atoms with E-state index in [1.807, 2.05) is 31.2 Å². The number of H-pyrrole nitrogens is 1. The van der Waals surface area contributed by atoms with E-state index in [2.05, 4.69) is 11.9 Å². The number of rotatable bonds is 4. The van der Waals surface area contributed by atoms with E-state index in [0.29, 0.717) is 5.75 Å². The van der Waals surface area contributed by atoms with Crippen molar-refractivity contribution < 1.29 is 9.47 Å². The molecule has 2 aromatic rings. The first-order valence-electron chi connectivity index (χ1n) is 6.55. The van der Waals surface area contributed by atoms with Crippen LogP contribution in [0.4, 0.5) is 0 Å². The Kier molecular flexibility index (Phi) is 4.13. The largest absolute Gasteiger partial charge is 0.497 e. The van der Waals surface area contributed by atoms with Crippen molar-refractivity contribution in [2.24, 2.45) is 0 Å². The van der Waals surface area contributed by atoms with Gasteiger partial charge in [0.1, 0.15) is 11.5 Å². The predicted molar refractivity (Wildman–Crippen MR) is 79.7 cm³/mol. The second-order valence-electron chi connectivity index (χ2n) is 4.60. The lowest BCUT2D eigenvalue weighted by molar-refractivity contribution is 0.395. The van der Waals surface area contributed by atoms with Gasteiger partial charge in [-0.25, -0.2) is 0 Å². The van der Waals surface area contributed by atoms with Crippen LogP contribution < -0.4 is 15.0 Å². The fourth-order valence-corrected chi connectivity index (χ4v) is 2.22. The van der Waals surface area contributed by atoms with Gasteiger partial charge >= 0.3 is 0 Å². The molecule has 20 heavy (non-hydrogen) atoms. The molecule has 4 heteroatoms. The molecule has 106 valence electrons. The monoisotopic (exact) mass is 273 g/mol. The summed E-state index contributed by atoms with van der Waals surface area (Å²) < 4.78 is 10.6. The Balaban J connectivity index is 2.67. The first-order valence-corrected chi connectivity index (χ1v) is 6.55. The molecule has 0 bridgehead atoms. The highest BCUT2D eigenvalue weighted by molar-refractivity contribution is 5.71. The minimum Gasteiger partial charge on any atom is -0.497 e. The van der Waals surface area contributed by atoms with Crippen molar-refractivity contribution in [1.29, 1.82) is 0 Å². The maximum absolute atomic E-state index is 11.9. The molecule has 1 aromatic heterocycles. The van der Waals surface area contributed by atoms with Crippen LogP contribution in [0, 0.1) is 6.92 Å². The van der Waals surface area contributed by atoms with Gasteiger partial charge in [0.25, 0.3) is 5.56 Å². The molecule has 0 aliphatic carbocycles. The number of pyridine rings is 1. The Morgan fingerprint density at radius 1 is 1.15 bits per heavy atom. The molecular weight excluding hydrogens is 254 g/mol. The molecule has 0 spiro atoms. The maximum atomic E-state index is 11.9. The summed E-state index contributed by atoms with van der Waals surface area (Å²) in [5.41, 5.74) is 3.41. The average molecular weight is 273 g/mol. The summed E-state index contributed by atoms with van der Waals surface area (Å²) in [4.78, 5) is 14.8. The predicted octanol–water partition coefficient (Wildman–Crippen LogP) is 2.93. The zero-order valence-electron chi connectivity index (χ0n) is 12.2. The van der Waals surface area contributed by atoms with Gasteiger partial charge in [0.15, 0.2) is 0 Å². The maximum Gasteiger partial charge on any atom is 0.251 e. The highest BCUT2D eigenvalue weighted by atomic mass is 16.5. The zero-order chi connectivity index (χ0) is 14.7. The minimum absolute atomic E-state index is 0.0740. The quantitative estimate of drug-likeness (QED) is 0.931. The zero-order valence-corrected chi connectivity index (χ0v) is 12.2. The van der Waals surface area contributed by atoms with Crippen molar-refractivity contribution in [2.45, 2.75) is 20.3 Å². The van der Waals surface area contributed by atoms with Crippen molar-refractivity contribution >= 4 is 0 Å². The first-order chi connectivity index (χ1) is 9.60. The van der Waals surface area contributed by atoms with E-state index in [1.54, 1.807) is 14.2 Å². The summed E-state index contributed by atoms with van der Waals surface area (Å²) in [6.45, 7) is 3.87. The third kappa shape index (κ3) is 2.54. The molecule has 0 saturated carbocycles. The third-order valence-electron chi connectivity index (χ3n) is 3.37. The first kappa shape index (κ1) is 14.2. The van der Waals surface area contributed by atoms with Crippen LogP contribution in [0.5, 0.6) is 11.5 Å². The summed E-state index contributed by atoms with van der Waals surface area (Å²) >= 11 is 0. The van der Waals surface area contributed by atoms with Crippen LogP contribution in [0.15, 0.2) is 29.1 Å². The topological polar surface area (TPSA) is 51.3 Å². The molecule has 4 nitrogen and oxygen atoms in total. The number of aromatic nitrogens is 1. The van der Waals surface area contributed by atoms with E-state index in [-0.39, 0.29) is 5.56 Å². The molecule has 2 rings (SSSR count). The molecule has 0 atom stereocenters. The molecule has 1 aromatic carbocycles. The van der Waals surface area contributed by atoms with Crippen molar-refractivity contribution in [3.05, 3.63) is 45.7 Å². The minimum atomic E-state index is -0.0740. The van der Waals surface area contributed by atoms with Crippen molar-refractivity contribution in [1.82, 2.24) is 4.98 Å². The van der Waals surface area contributed by atoms with Gasteiger partial charge in [0, 0.05) is 17.2 Å². The summed E-state index contributed by atoms with van der Waals surface area (Å²) in [7, 11) is 3.22. The Morgan fingerprint density at radius 3 is 2.50 bits per heavy atom. The van der Waals surface area contributed by atoms with E-state index in [1.165, 1.54) is 0 Å². The highest BCUT2D eigenvalue weighted by Crippen LogP contribution is 2.33. The molecule has 0 saturated heterocycles. The highest BCUT2D eigenvalue weighted by Gasteiger charge is 2.13. The lowest BCUT2D eigenvalue weighted by Crippen LogP contribution is -2.12.